The Morgan fingerprint density at radius 1 is 1.16 bits per heavy atom. The molecule has 3 rings (SSSR count). The van der Waals surface area contributed by atoms with Crippen LogP contribution in [0.4, 0.5) is 11.4 Å². The van der Waals surface area contributed by atoms with Gasteiger partial charge >= 0.3 is 0 Å². The van der Waals surface area contributed by atoms with Crippen molar-refractivity contribution in [1.82, 2.24) is 14.3 Å². The monoisotopic (exact) mass is 449 g/mol. The van der Waals surface area contributed by atoms with Gasteiger partial charge in [0.2, 0.25) is 5.91 Å². The third kappa shape index (κ3) is 5.16. The molecule has 1 heterocycles. The molecule has 0 saturated carbocycles. The van der Waals surface area contributed by atoms with E-state index in [1.807, 2.05) is 54.8 Å². The summed E-state index contributed by atoms with van der Waals surface area (Å²) in [5, 5.41) is 8.18. The smallest absolute Gasteiger partial charge is 0.249 e. The maximum absolute atomic E-state index is 13.2. The Morgan fingerprint density at radius 2 is 1.81 bits per heavy atom. The Labute approximate surface area is 195 Å². The van der Waals surface area contributed by atoms with Crippen LogP contribution < -0.4 is 10.2 Å². The predicted octanol–water partition coefficient (Wildman–Crippen LogP) is 5.27. The number of benzene rings is 2. The lowest BCUT2D eigenvalue weighted by Crippen LogP contribution is -2.39. The van der Waals surface area contributed by atoms with Gasteiger partial charge in [0.1, 0.15) is 6.54 Å². The molecule has 3 aromatic rings. The molecule has 0 spiro atoms. The molecule has 6 nitrogen and oxygen atoms in total. The third-order valence-electron chi connectivity index (χ3n) is 5.32. The zero-order chi connectivity index (χ0) is 23.3. The molecule has 0 aliphatic heterocycles. The Kier molecular flexibility index (Phi) is 7.64. The molecule has 0 bridgehead atoms. The van der Waals surface area contributed by atoms with E-state index in [9.17, 15) is 4.79 Å². The number of hydrogen-bond donors (Lipinski definition) is 1. The van der Waals surface area contributed by atoms with Crippen molar-refractivity contribution in [3.05, 3.63) is 82.9 Å². The number of amides is 1. The summed E-state index contributed by atoms with van der Waals surface area (Å²) in [6, 6.07) is 15.9. The molecule has 0 aliphatic carbocycles. The number of carbonyl (C=O) groups excluding carboxylic acids is 1. The van der Waals surface area contributed by atoms with Crippen LogP contribution >= 0.6 is 12.2 Å². The second-order valence-electron chi connectivity index (χ2n) is 8.07. The van der Waals surface area contributed by atoms with Gasteiger partial charge in [0.05, 0.1) is 6.54 Å². The summed E-state index contributed by atoms with van der Waals surface area (Å²) < 4.78 is 4.04. The van der Waals surface area contributed by atoms with Crippen molar-refractivity contribution < 1.29 is 4.79 Å². The van der Waals surface area contributed by atoms with Gasteiger partial charge in [-0.15, -0.1) is 6.58 Å². The van der Waals surface area contributed by atoms with E-state index in [0.29, 0.717) is 17.9 Å². The minimum atomic E-state index is -0.0557. The Hall–Kier alpha value is -3.19. The van der Waals surface area contributed by atoms with Crippen LogP contribution in [-0.2, 0) is 24.4 Å². The van der Waals surface area contributed by atoms with Crippen molar-refractivity contribution >= 4 is 29.5 Å². The van der Waals surface area contributed by atoms with Crippen LogP contribution in [-0.4, -0.2) is 26.3 Å². The van der Waals surface area contributed by atoms with Gasteiger partial charge in [0.15, 0.2) is 10.6 Å². The molecule has 32 heavy (non-hydrogen) atoms. The van der Waals surface area contributed by atoms with Crippen molar-refractivity contribution in [2.24, 2.45) is 0 Å². The predicted molar refractivity (Wildman–Crippen MR) is 134 cm³/mol. The summed E-state index contributed by atoms with van der Waals surface area (Å²) in [4.78, 5) is 15.0. The molecule has 7 heteroatoms. The van der Waals surface area contributed by atoms with E-state index in [2.05, 4.69) is 37.9 Å². The summed E-state index contributed by atoms with van der Waals surface area (Å²) in [5.74, 6) is 0.709. The number of carbonyl (C=O) groups is 1. The molecule has 1 aromatic heterocycles. The first-order valence-corrected chi connectivity index (χ1v) is 11.2. The molecule has 1 amide bonds. The molecule has 0 aliphatic rings. The van der Waals surface area contributed by atoms with Crippen LogP contribution in [0.2, 0.25) is 0 Å². The van der Waals surface area contributed by atoms with Crippen LogP contribution in [0.1, 0.15) is 30.8 Å². The SMILES string of the molecule is C=CCn1c(CNc2c(C)cccc2C)nn(CC(=O)N(c2ccccc2)C(C)C)c1=S. The lowest BCUT2D eigenvalue weighted by molar-refractivity contribution is -0.119. The number of rotatable bonds is 9. The number of para-hydroxylation sites is 2. The highest BCUT2D eigenvalue weighted by atomic mass is 32.1. The quantitative estimate of drug-likeness (QED) is 0.357. The maximum atomic E-state index is 13.2. The van der Waals surface area contributed by atoms with Crippen LogP contribution in [0, 0.1) is 18.6 Å². The first kappa shape index (κ1) is 23.5. The number of nitrogens with one attached hydrogen (secondary N) is 1. The van der Waals surface area contributed by atoms with Crippen LogP contribution in [0.15, 0.2) is 61.2 Å². The highest BCUT2D eigenvalue weighted by molar-refractivity contribution is 7.71. The van der Waals surface area contributed by atoms with Crippen LogP contribution in [0.3, 0.4) is 0 Å². The third-order valence-corrected chi connectivity index (χ3v) is 5.75. The van der Waals surface area contributed by atoms with E-state index in [1.165, 1.54) is 11.1 Å². The molecule has 168 valence electrons. The van der Waals surface area contributed by atoms with Gasteiger partial charge in [0.25, 0.3) is 0 Å². The topological polar surface area (TPSA) is 55.1 Å². The fraction of sp³-hybridized carbons (Fsp3) is 0.320. The summed E-state index contributed by atoms with van der Waals surface area (Å²) in [5.41, 5.74) is 4.29. The van der Waals surface area contributed by atoms with Gasteiger partial charge in [-0.3, -0.25) is 9.36 Å². The van der Waals surface area contributed by atoms with E-state index in [-0.39, 0.29) is 18.5 Å². The van der Waals surface area contributed by atoms with Crippen molar-refractivity contribution in [3.63, 3.8) is 0 Å². The largest absolute Gasteiger partial charge is 0.377 e. The fourth-order valence-corrected chi connectivity index (χ4v) is 4.10. The van der Waals surface area contributed by atoms with Gasteiger partial charge in [0, 0.05) is 24.0 Å². The first-order valence-electron chi connectivity index (χ1n) is 10.8. The molecule has 0 atom stereocenters. The highest BCUT2D eigenvalue weighted by Gasteiger charge is 2.21. The first-order chi connectivity index (χ1) is 15.3. The van der Waals surface area contributed by atoms with E-state index < -0.39 is 0 Å². The lowest BCUT2D eigenvalue weighted by Gasteiger charge is -2.26. The number of anilines is 2. The van der Waals surface area contributed by atoms with E-state index >= 15 is 0 Å². The standard InChI is InChI=1S/C25H31N5OS/c1-6-15-28-22(16-26-24-19(4)11-10-12-20(24)5)27-29(25(28)32)17-23(31)30(18(2)3)21-13-8-7-9-14-21/h6-14,18,26H,1,15-17H2,2-5H3. The Balaban J connectivity index is 1.86. The lowest BCUT2D eigenvalue weighted by atomic mass is 10.1. The highest BCUT2D eigenvalue weighted by Crippen LogP contribution is 2.21. The molecule has 0 radical (unpaired) electrons. The summed E-state index contributed by atoms with van der Waals surface area (Å²) >= 11 is 5.67. The van der Waals surface area contributed by atoms with Crippen molar-refractivity contribution in [1.29, 1.82) is 0 Å². The normalized spacial score (nSPS) is 10.9. The molecule has 2 aromatic carbocycles. The molecular formula is C25H31N5OS. The Morgan fingerprint density at radius 3 is 2.41 bits per heavy atom. The Bertz CT molecular complexity index is 1130. The second kappa shape index (κ2) is 10.4. The summed E-state index contributed by atoms with van der Waals surface area (Å²) in [6.07, 6.45) is 1.79. The van der Waals surface area contributed by atoms with Gasteiger partial charge in [-0.05, 0) is 63.2 Å². The molecular weight excluding hydrogens is 418 g/mol. The van der Waals surface area contributed by atoms with Crippen molar-refractivity contribution in [2.45, 2.75) is 53.4 Å². The van der Waals surface area contributed by atoms with Crippen LogP contribution in [0.5, 0.6) is 0 Å². The van der Waals surface area contributed by atoms with Gasteiger partial charge in [-0.2, -0.15) is 5.10 Å². The summed E-state index contributed by atoms with van der Waals surface area (Å²) in [7, 11) is 0. The number of allylic oxidation sites excluding steroid dienone is 1. The van der Waals surface area contributed by atoms with E-state index in [0.717, 1.165) is 17.2 Å². The van der Waals surface area contributed by atoms with E-state index in [4.69, 9.17) is 17.3 Å². The second-order valence-corrected chi connectivity index (χ2v) is 8.43. The molecule has 0 fully saturated rings. The maximum Gasteiger partial charge on any atom is 0.249 e. The van der Waals surface area contributed by atoms with Gasteiger partial charge < -0.3 is 10.2 Å². The van der Waals surface area contributed by atoms with E-state index in [1.54, 1.807) is 15.7 Å². The number of nitrogens with zero attached hydrogens (tertiary/aromatic N) is 4. The minimum Gasteiger partial charge on any atom is -0.377 e. The molecule has 0 saturated heterocycles. The van der Waals surface area contributed by atoms with Gasteiger partial charge in [-0.25, -0.2) is 4.68 Å². The zero-order valence-corrected chi connectivity index (χ0v) is 20.0. The van der Waals surface area contributed by atoms with Crippen molar-refractivity contribution in [3.8, 4) is 0 Å². The fourth-order valence-electron chi connectivity index (χ4n) is 3.82. The average Bonchev–Trinajstić information content (AvgIpc) is 3.03. The van der Waals surface area contributed by atoms with Crippen molar-refractivity contribution in [2.75, 3.05) is 10.2 Å². The molecule has 1 N–H and O–H groups in total. The molecule has 0 unspecified atom stereocenters. The average molecular weight is 450 g/mol. The number of aromatic nitrogens is 3. The van der Waals surface area contributed by atoms with Crippen LogP contribution in [0.25, 0.3) is 0 Å². The number of aryl methyl sites for hydroxylation is 2. The van der Waals surface area contributed by atoms with Gasteiger partial charge in [-0.1, -0.05) is 42.5 Å². The summed E-state index contributed by atoms with van der Waals surface area (Å²) in [6.45, 7) is 13.1. The minimum absolute atomic E-state index is 0.0134. The zero-order valence-electron chi connectivity index (χ0n) is 19.2. The number of hydrogen-bond acceptors (Lipinski definition) is 4.